The van der Waals surface area contributed by atoms with Crippen LogP contribution in [0.1, 0.15) is 37.3 Å². The molecule has 4 heteroatoms. The number of likely N-dealkylation sites (tertiary alicyclic amines) is 1. The van der Waals surface area contributed by atoms with E-state index in [1.807, 2.05) is 30.5 Å². The largest absolute Gasteiger partial charge is 0.356 e. The summed E-state index contributed by atoms with van der Waals surface area (Å²) in [5.74, 6) is 1.40. The molecule has 2 aliphatic heterocycles. The number of nitrogens with zero attached hydrogens (tertiary/aromatic N) is 3. The predicted octanol–water partition coefficient (Wildman–Crippen LogP) is 3.66. The van der Waals surface area contributed by atoms with Crippen LogP contribution in [0.5, 0.6) is 0 Å². The predicted molar refractivity (Wildman–Crippen MR) is 99.3 cm³/mol. The molecule has 2 fully saturated rings. The van der Waals surface area contributed by atoms with Gasteiger partial charge in [-0.1, -0.05) is 36.4 Å². The van der Waals surface area contributed by atoms with Gasteiger partial charge in [0.2, 0.25) is 5.91 Å². The van der Waals surface area contributed by atoms with E-state index in [1.165, 1.54) is 5.56 Å². The number of rotatable bonds is 3. The van der Waals surface area contributed by atoms with E-state index >= 15 is 0 Å². The first-order chi connectivity index (χ1) is 12.3. The summed E-state index contributed by atoms with van der Waals surface area (Å²) >= 11 is 0. The van der Waals surface area contributed by atoms with Gasteiger partial charge in [0.05, 0.1) is 12.0 Å². The fourth-order valence-corrected chi connectivity index (χ4v) is 4.21. The average molecular weight is 335 g/mol. The molecule has 1 aromatic heterocycles. The fourth-order valence-electron chi connectivity index (χ4n) is 4.21. The molecule has 0 radical (unpaired) electrons. The lowest BCUT2D eigenvalue weighted by atomic mass is 9.95. The Labute approximate surface area is 149 Å². The molecule has 2 aromatic rings. The third-order valence-electron chi connectivity index (χ3n) is 5.46. The van der Waals surface area contributed by atoms with E-state index in [0.29, 0.717) is 5.91 Å². The number of piperidine rings is 1. The monoisotopic (exact) mass is 335 g/mol. The van der Waals surface area contributed by atoms with Crippen LogP contribution in [0.4, 0.5) is 5.82 Å². The van der Waals surface area contributed by atoms with Crippen LogP contribution in [0.2, 0.25) is 0 Å². The lowest BCUT2D eigenvalue weighted by Gasteiger charge is -2.36. The van der Waals surface area contributed by atoms with Crippen LogP contribution >= 0.6 is 0 Å². The summed E-state index contributed by atoms with van der Waals surface area (Å²) in [5, 5.41) is 0. The highest BCUT2D eigenvalue weighted by Gasteiger charge is 2.35. The fraction of sp³-hybridized carbons (Fsp3) is 0.429. The van der Waals surface area contributed by atoms with Crippen molar-refractivity contribution < 1.29 is 4.79 Å². The van der Waals surface area contributed by atoms with E-state index in [9.17, 15) is 4.79 Å². The molecular formula is C21H25N3O. The highest BCUT2D eigenvalue weighted by atomic mass is 16.2. The van der Waals surface area contributed by atoms with Gasteiger partial charge in [-0.15, -0.1) is 0 Å². The number of benzene rings is 1. The third kappa shape index (κ3) is 3.39. The van der Waals surface area contributed by atoms with E-state index in [0.717, 1.165) is 51.1 Å². The van der Waals surface area contributed by atoms with Gasteiger partial charge in [0.1, 0.15) is 5.82 Å². The normalized spacial score (nSPS) is 23.7. The summed E-state index contributed by atoms with van der Waals surface area (Å²) in [6.07, 6.45) is 6.04. The minimum atomic E-state index is 0.0834. The van der Waals surface area contributed by atoms with Crippen molar-refractivity contribution in [3.63, 3.8) is 0 Å². The summed E-state index contributed by atoms with van der Waals surface area (Å²) in [7, 11) is 0. The molecule has 0 unspecified atom stereocenters. The first-order valence-corrected chi connectivity index (χ1v) is 9.34. The van der Waals surface area contributed by atoms with Crippen molar-refractivity contribution >= 4 is 11.7 Å². The Morgan fingerprint density at radius 3 is 2.56 bits per heavy atom. The molecule has 1 amide bonds. The molecule has 0 saturated carbocycles. The van der Waals surface area contributed by atoms with Crippen LogP contribution in [-0.2, 0) is 4.79 Å². The minimum Gasteiger partial charge on any atom is -0.356 e. The second-order valence-electron chi connectivity index (χ2n) is 7.07. The number of carbonyl (C=O) groups is 1. The van der Waals surface area contributed by atoms with Gasteiger partial charge in [-0.3, -0.25) is 4.79 Å². The summed E-state index contributed by atoms with van der Waals surface area (Å²) in [6.45, 7) is 2.66. The van der Waals surface area contributed by atoms with Crippen molar-refractivity contribution in [2.75, 3.05) is 24.5 Å². The lowest BCUT2D eigenvalue weighted by Crippen LogP contribution is -2.45. The molecule has 0 N–H and O–H groups in total. The zero-order valence-electron chi connectivity index (χ0n) is 14.6. The second-order valence-corrected chi connectivity index (χ2v) is 7.07. The standard InChI is InChI=1S/C21H25N3O/c25-21(24-15-7-11-19(24)17-8-2-1-3-9-17)18-10-6-14-23(16-18)20-12-4-5-13-22-20/h1-5,8-9,12-13,18-19H,6-7,10-11,14-16H2/t18-,19-/m0/s1. The van der Waals surface area contributed by atoms with E-state index < -0.39 is 0 Å². The first-order valence-electron chi connectivity index (χ1n) is 9.34. The molecule has 3 heterocycles. The zero-order chi connectivity index (χ0) is 17.1. The minimum absolute atomic E-state index is 0.0834. The Morgan fingerprint density at radius 2 is 1.76 bits per heavy atom. The molecule has 4 rings (SSSR count). The smallest absolute Gasteiger partial charge is 0.227 e. The van der Waals surface area contributed by atoms with Gasteiger partial charge in [0.15, 0.2) is 0 Å². The number of pyridine rings is 1. The Bertz CT molecular complexity index is 704. The van der Waals surface area contributed by atoms with Gasteiger partial charge >= 0.3 is 0 Å². The second kappa shape index (κ2) is 7.26. The van der Waals surface area contributed by atoms with Crippen LogP contribution in [0.3, 0.4) is 0 Å². The molecule has 1 aromatic carbocycles. The summed E-state index contributed by atoms with van der Waals surface area (Å²) in [5.41, 5.74) is 1.27. The number of aromatic nitrogens is 1. The van der Waals surface area contributed by atoms with Crippen LogP contribution in [-0.4, -0.2) is 35.4 Å². The zero-order valence-corrected chi connectivity index (χ0v) is 14.6. The Hall–Kier alpha value is -2.36. The van der Waals surface area contributed by atoms with Gasteiger partial charge in [0.25, 0.3) is 0 Å². The third-order valence-corrected chi connectivity index (χ3v) is 5.46. The molecule has 2 saturated heterocycles. The van der Waals surface area contributed by atoms with Gasteiger partial charge in [0, 0.05) is 25.8 Å². The molecule has 0 aliphatic carbocycles. The molecule has 0 bridgehead atoms. The molecule has 2 aliphatic rings. The van der Waals surface area contributed by atoms with Gasteiger partial charge in [-0.25, -0.2) is 4.98 Å². The van der Waals surface area contributed by atoms with E-state index in [-0.39, 0.29) is 12.0 Å². The Balaban J connectivity index is 1.48. The summed E-state index contributed by atoms with van der Waals surface area (Å²) < 4.78 is 0. The Kier molecular flexibility index (Phi) is 4.68. The summed E-state index contributed by atoms with van der Waals surface area (Å²) in [6, 6.07) is 16.7. The molecule has 25 heavy (non-hydrogen) atoms. The first kappa shape index (κ1) is 16.1. The quantitative estimate of drug-likeness (QED) is 0.859. The van der Waals surface area contributed by atoms with Gasteiger partial charge in [-0.2, -0.15) is 0 Å². The maximum Gasteiger partial charge on any atom is 0.227 e. The van der Waals surface area contributed by atoms with E-state index in [4.69, 9.17) is 0 Å². The number of anilines is 1. The maximum atomic E-state index is 13.2. The molecule has 2 atom stereocenters. The highest BCUT2D eigenvalue weighted by Crippen LogP contribution is 2.34. The van der Waals surface area contributed by atoms with Crippen LogP contribution < -0.4 is 4.90 Å². The molecule has 4 nitrogen and oxygen atoms in total. The topological polar surface area (TPSA) is 36.4 Å². The van der Waals surface area contributed by atoms with E-state index in [1.54, 1.807) is 0 Å². The lowest BCUT2D eigenvalue weighted by molar-refractivity contribution is -0.136. The summed E-state index contributed by atoms with van der Waals surface area (Å²) in [4.78, 5) is 22.1. The maximum absolute atomic E-state index is 13.2. The Morgan fingerprint density at radius 1 is 0.960 bits per heavy atom. The van der Waals surface area contributed by atoms with Gasteiger partial charge < -0.3 is 9.80 Å². The van der Waals surface area contributed by atoms with Crippen LogP contribution in [0.15, 0.2) is 54.7 Å². The van der Waals surface area contributed by atoms with Crippen LogP contribution in [0.25, 0.3) is 0 Å². The van der Waals surface area contributed by atoms with E-state index in [2.05, 4.69) is 39.0 Å². The van der Waals surface area contributed by atoms with Crippen molar-refractivity contribution in [1.29, 1.82) is 0 Å². The number of hydrogen-bond acceptors (Lipinski definition) is 3. The van der Waals surface area contributed by atoms with Crippen molar-refractivity contribution in [2.45, 2.75) is 31.7 Å². The molecule has 0 spiro atoms. The van der Waals surface area contributed by atoms with Crippen molar-refractivity contribution in [3.8, 4) is 0 Å². The average Bonchev–Trinajstić information content (AvgIpc) is 3.19. The van der Waals surface area contributed by atoms with Crippen molar-refractivity contribution in [3.05, 3.63) is 60.3 Å². The number of amides is 1. The van der Waals surface area contributed by atoms with Gasteiger partial charge in [-0.05, 0) is 43.4 Å². The molecule has 130 valence electrons. The SMILES string of the molecule is O=C([C@H]1CCCN(c2ccccn2)C1)N1CCC[C@H]1c1ccccc1. The highest BCUT2D eigenvalue weighted by molar-refractivity contribution is 5.80. The number of hydrogen-bond donors (Lipinski definition) is 0. The van der Waals surface area contributed by atoms with Crippen LogP contribution in [0, 0.1) is 5.92 Å². The van der Waals surface area contributed by atoms with Crippen molar-refractivity contribution in [1.82, 2.24) is 9.88 Å². The van der Waals surface area contributed by atoms with Crippen molar-refractivity contribution in [2.24, 2.45) is 5.92 Å². The molecular weight excluding hydrogens is 310 g/mol. The number of carbonyl (C=O) groups excluding carboxylic acids is 1.